The van der Waals surface area contributed by atoms with E-state index < -0.39 is 0 Å². The fourth-order valence-electron chi connectivity index (χ4n) is 1.86. The van der Waals surface area contributed by atoms with Crippen LogP contribution in [0, 0.1) is 13.8 Å². The molecule has 0 aromatic heterocycles. The van der Waals surface area contributed by atoms with Gasteiger partial charge in [0, 0.05) is 0 Å². The lowest BCUT2D eigenvalue weighted by Crippen LogP contribution is -1.66. The van der Waals surface area contributed by atoms with E-state index in [4.69, 9.17) is 10.2 Å². The van der Waals surface area contributed by atoms with E-state index in [1.807, 2.05) is 125 Å². The molecule has 0 saturated carbocycles. The topological polar surface area (TPSA) is 40.5 Å². The zero-order chi connectivity index (χ0) is 27.9. The lowest BCUT2D eigenvalue weighted by Gasteiger charge is -1.89. The monoisotopic (exact) mass is 506 g/mol. The minimum absolute atomic E-state index is 0. The summed E-state index contributed by atoms with van der Waals surface area (Å²) < 4.78 is 0. The molecule has 4 aromatic carbocycles. The molecule has 2 nitrogen and oxygen atoms in total. The number of phenolic OH excluding ortho intramolecular Hbond substituents is 2. The number of rotatable bonds is 0. The maximum absolute atomic E-state index is 8.76. The highest BCUT2D eigenvalue weighted by atomic mass is 16.3. The van der Waals surface area contributed by atoms with E-state index in [9.17, 15) is 0 Å². The number of hydrogen-bond acceptors (Lipinski definition) is 2. The van der Waals surface area contributed by atoms with Gasteiger partial charge in [0.05, 0.1) is 0 Å². The highest BCUT2D eigenvalue weighted by Crippen LogP contribution is 2.08. The minimum Gasteiger partial charge on any atom is -0.508 e. The van der Waals surface area contributed by atoms with Gasteiger partial charge in [-0.15, -0.1) is 0 Å². The van der Waals surface area contributed by atoms with Crippen molar-refractivity contribution in [1.82, 2.24) is 0 Å². The molecule has 0 unspecified atom stereocenters. The summed E-state index contributed by atoms with van der Waals surface area (Å²) in [5.41, 5.74) is 2.34. The van der Waals surface area contributed by atoms with Gasteiger partial charge >= 0.3 is 0 Å². The summed E-state index contributed by atoms with van der Waals surface area (Å²) in [6.45, 7) is 16.5. The van der Waals surface area contributed by atoms with Crippen LogP contribution in [0.1, 0.15) is 72.9 Å². The van der Waals surface area contributed by atoms with Crippen molar-refractivity contribution in [1.29, 1.82) is 0 Å². The van der Waals surface area contributed by atoms with Crippen molar-refractivity contribution in [2.75, 3.05) is 0 Å². The predicted molar refractivity (Wildman–Crippen MR) is 169 cm³/mol. The highest BCUT2D eigenvalue weighted by Gasteiger charge is 1.82. The Hall–Kier alpha value is -3.52. The van der Waals surface area contributed by atoms with Crippen LogP contribution >= 0.6 is 0 Å². The summed E-state index contributed by atoms with van der Waals surface area (Å²) in [5.74, 6) is 0.659. The molecule has 2 heteroatoms. The fourth-order valence-corrected chi connectivity index (χ4v) is 1.86. The molecule has 0 aliphatic rings. The van der Waals surface area contributed by atoms with E-state index in [0.717, 1.165) is 0 Å². The van der Waals surface area contributed by atoms with Gasteiger partial charge in [-0.2, -0.15) is 0 Å². The summed E-state index contributed by atoms with van der Waals surface area (Å²) in [5, 5.41) is 17.5. The molecule has 37 heavy (non-hydrogen) atoms. The molecule has 206 valence electrons. The Morgan fingerprint density at radius 1 is 0.405 bits per heavy atom. The molecule has 0 amide bonds. The van der Waals surface area contributed by atoms with Crippen LogP contribution in [0.5, 0.6) is 11.5 Å². The second-order valence-electron chi connectivity index (χ2n) is 7.39. The maximum Gasteiger partial charge on any atom is 0.115 e. The molecule has 4 aromatic rings. The first-order valence-electron chi connectivity index (χ1n) is 12.9. The van der Waals surface area contributed by atoms with E-state index >= 15 is 0 Å². The average Bonchev–Trinajstić information content (AvgIpc) is 2.93. The standard InChI is InChI=1S/2C7H8O.2C6H6.2C3H8.C2H6.CH4/c2*1-6-2-4-7(8)5-3-6;2*1-2-4-6-5-3-1;2*1-3-2;1-2;/h2*2-5,8H,1H3;2*1-6H;2*3H2,1-2H3;1-2H3;1H4. The molecule has 0 atom stereocenters. The molecule has 0 heterocycles. The van der Waals surface area contributed by atoms with Crippen molar-refractivity contribution in [3.8, 4) is 11.5 Å². The van der Waals surface area contributed by atoms with Crippen LogP contribution in [0.2, 0.25) is 0 Å². The quantitative estimate of drug-likeness (QED) is 0.249. The van der Waals surface area contributed by atoms with Crippen LogP contribution in [-0.4, -0.2) is 10.2 Å². The Bertz CT molecular complexity index is 684. The Labute approximate surface area is 229 Å². The van der Waals surface area contributed by atoms with Crippen molar-refractivity contribution in [2.45, 2.75) is 75.7 Å². The van der Waals surface area contributed by atoms with Gasteiger partial charge in [0.2, 0.25) is 0 Å². The molecule has 4 rings (SSSR count). The van der Waals surface area contributed by atoms with Crippen molar-refractivity contribution >= 4 is 0 Å². The Kier molecular flexibility index (Phi) is 38.1. The average molecular weight is 507 g/mol. The van der Waals surface area contributed by atoms with Crippen molar-refractivity contribution in [2.24, 2.45) is 0 Å². The highest BCUT2D eigenvalue weighted by molar-refractivity contribution is 5.25. The van der Waals surface area contributed by atoms with Gasteiger partial charge in [0.15, 0.2) is 0 Å². The number of phenols is 2. The molecular formula is C35H54O2. The van der Waals surface area contributed by atoms with E-state index in [0.29, 0.717) is 11.5 Å². The molecular weight excluding hydrogens is 452 g/mol. The number of aromatic hydroxyl groups is 2. The van der Waals surface area contributed by atoms with Crippen LogP contribution < -0.4 is 0 Å². The second-order valence-corrected chi connectivity index (χ2v) is 7.39. The summed E-state index contributed by atoms with van der Waals surface area (Å²) >= 11 is 0. The van der Waals surface area contributed by atoms with Crippen molar-refractivity contribution in [3.05, 3.63) is 132 Å². The maximum atomic E-state index is 8.76. The summed E-state index contributed by atoms with van der Waals surface area (Å²) in [6, 6.07) is 38.2. The Morgan fingerprint density at radius 3 is 0.649 bits per heavy atom. The number of benzene rings is 4. The molecule has 0 aliphatic heterocycles. The van der Waals surface area contributed by atoms with E-state index in [2.05, 4.69) is 27.7 Å². The van der Waals surface area contributed by atoms with Crippen LogP contribution in [0.25, 0.3) is 0 Å². The zero-order valence-corrected chi connectivity index (χ0v) is 23.9. The predicted octanol–water partition coefficient (Wildman–Crippen LogP) is 11.3. The largest absolute Gasteiger partial charge is 0.508 e. The van der Waals surface area contributed by atoms with Crippen molar-refractivity contribution in [3.63, 3.8) is 0 Å². The lowest BCUT2D eigenvalue weighted by molar-refractivity contribution is 0.474. The van der Waals surface area contributed by atoms with Gasteiger partial charge in [-0.1, -0.05) is 170 Å². The van der Waals surface area contributed by atoms with Crippen LogP contribution in [0.4, 0.5) is 0 Å². The zero-order valence-electron chi connectivity index (χ0n) is 23.9. The third-order valence-electron chi connectivity index (χ3n) is 3.40. The van der Waals surface area contributed by atoms with Gasteiger partial charge in [-0.3, -0.25) is 0 Å². The molecule has 0 spiro atoms. The number of aryl methyl sites for hydroxylation is 2. The second kappa shape index (κ2) is 34.6. The first-order valence-corrected chi connectivity index (χ1v) is 12.9. The van der Waals surface area contributed by atoms with Gasteiger partial charge in [-0.05, 0) is 38.1 Å². The van der Waals surface area contributed by atoms with Gasteiger partial charge < -0.3 is 10.2 Å². The minimum atomic E-state index is 0. The molecule has 0 aliphatic carbocycles. The van der Waals surface area contributed by atoms with Gasteiger partial charge in [-0.25, -0.2) is 0 Å². The van der Waals surface area contributed by atoms with Crippen LogP contribution in [0.3, 0.4) is 0 Å². The van der Waals surface area contributed by atoms with E-state index in [-0.39, 0.29) is 7.43 Å². The fraction of sp³-hybridized carbons (Fsp3) is 0.314. The molecule has 0 radical (unpaired) electrons. The summed E-state index contributed by atoms with van der Waals surface area (Å²) in [6.07, 6.45) is 2.50. The third-order valence-corrected chi connectivity index (χ3v) is 3.40. The Morgan fingerprint density at radius 2 is 0.541 bits per heavy atom. The SMILES string of the molecule is C.CC.CCC.CCC.Cc1ccc(O)cc1.Cc1ccc(O)cc1.c1ccccc1.c1ccccc1. The molecule has 2 N–H and O–H groups in total. The summed E-state index contributed by atoms with van der Waals surface area (Å²) in [7, 11) is 0. The first kappa shape index (κ1) is 40.6. The van der Waals surface area contributed by atoms with E-state index in [1.165, 1.54) is 24.0 Å². The van der Waals surface area contributed by atoms with Gasteiger partial charge in [0.1, 0.15) is 11.5 Å². The smallest absolute Gasteiger partial charge is 0.115 e. The normalized spacial score (nSPS) is 7.68. The lowest BCUT2D eigenvalue weighted by atomic mass is 10.2. The summed E-state index contributed by atoms with van der Waals surface area (Å²) in [4.78, 5) is 0. The molecule has 0 fully saturated rings. The molecule has 0 bridgehead atoms. The third kappa shape index (κ3) is 37.2. The van der Waals surface area contributed by atoms with Crippen LogP contribution in [-0.2, 0) is 0 Å². The molecule has 0 saturated heterocycles. The Balaban J connectivity index is -0.000000179. The first-order chi connectivity index (χ1) is 17.4. The van der Waals surface area contributed by atoms with Crippen molar-refractivity contribution < 1.29 is 10.2 Å². The van der Waals surface area contributed by atoms with Gasteiger partial charge in [0.25, 0.3) is 0 Å². The number of hydrogen-bond donors (Lipinski definition) is 2. The van der Waals surface area contributed by atoms with Crippen LogP contribution in [0.15, 0.2) is 121 Å². The van der Waals surface area contributed by atoms with E-state index in [1.54, 1.807) is 24.3 Å².